The number of hydrogen-bond acceptors (Lipinski definition) is 2. The molecule has 0 bridgehead atoms. The Bertz CT molecular complexity index is 678. The Labute approximate surface area is 131 Å². The van der Waals surface area contributed by atoms with Crippen LogP contribution in [0.4, 0.5) is 10.1 Å². The normalized spacial score (nSPS) is 10.5. The molecule has 110 valence electrons. The lowest BCUT2D eigenvalue weighted by atomic mass is 10.1. The van der Waals surface area contributed by atoms with Gasteiger partial charge in [-0.1, -0.05) is 12.1 Å². The van der Waals surface area contributed by atoms with E-state index in [-0.39, 0.29) is 11.7 Å². The van der Waals surface area contributed by atoms with Crippen LogP contribution in [0.15, 0.2) is 34.8 Å². The van der Waals surface area contributed by atoms with Crippen molar-refractivity contribution in [1.82, 2.24) is 5.32 Å². The van der Waals surface area contributed by atoms with Gasteiger partial charge >= 0.3 is 0 Å². The Morgan fingerprint density at radius 1 is 1.24 bits per heavy atom. The highest BCUT2D eigenvalue weighted by molar-refractivity contribution is 9.10. The van der Waals surface area contributed by atoms with Gasteiger partial charge in [0, 0.05) is 22.3 Å². The summed E-state index contributed by atoms with van der Waals surface area (Å²) in [5, 5.41) is 2.81. The van der Waals surface area contributed by atoms with E-state index in [2.05, 4.69) is 21.2 Å². The molecule has 5 heteroatoms. The Morgan fingerprint density at radius 3 is 2.43 bits per heavy atom. The van der Waals surface area contributed by atoms with Crippen LogP contribution >= 0.6 is 15.9 Å². The van der Waals surface area contributed by atoms with Gasteiger partial charge in [0.05, 0.1) is 0 Å². The maximum atomic E-state index is 13.6. The summed E-state index contributed by atoms with van der Waals surface area (Å²) in [6.07, 6.45) is 0. The molecule has 0 aliphatic heterocycles. The van der Waals surface area contributed by atoms with Crippen molar-refractivity contribution in [2.75, 3.05) is 5.73 Å². The van der Waals surface area contributed by atoms with Gasteiger partial charge in [-0.05, 0) is 64.7 Å². The van der Waals surface area contributed by atoms with Crippen molar-refractivity contribution in [3.05, 3.63) is 62.9 Å². The Kier molecular flexibility index (Phi) is 4.63. The van der Waals surface area contributed by atoms with Crippen LogP contribution in [0.5, 0.6) is 0 Å². The average molecular weight is 351 g/mol. The molecule has 1 amide bonds. The number of nitrogens with one attached hydrogen (secondary N) is 1. The first kappa shape index (κ1) is 15.5. The first-order chi connectivity index (χ1) is 9.88. The van der Waals surface area contributed by atoms with E-state index in [4.69, 9.17) is 5.73 Å². The fourth-order valence-electron chi connectivity index (χ4n) is 2.09. The van der Waals surface area contributed by atoms with Crippen molar-refractivity contribution in [2.45, 2.75) is 20.4 Å². The second kappa shape index (κ2) is 6.26. The van der Waals surface area contributed by atoms with E-state index in [0.29, 0.717) is 33.4 Å². The highest BCUT2D eigenvalue weighted by Gasteiger charge is 2.09. The number of nitrogens with two attached hydrogens (primary N) is 1. The number of aryl methyl sites for hydroxylation is 2. The number of halogens is 2. The molecule has 0 aliphatic carbocycles. The molecular weight excluding hydrogens is 335 g/mol. The number of rotatable bonds is 3. The largest absolute Gasteiger partial charge is 0.398 e. The molecular formula is C16H16BrFN2O. The number of anilines is 1. The van der Waals surface area contributed by atoms with Gasteiger partial charge in [-0.3, -0.25) is 4.79 Å². The minimum Gasteiger partial charge on any atom is -0.398 e. The first-order valence-electron chi connectivity index (χ1n) is 6.47. The molecule has 0 aromatic heterocycles. The van der Waals surface area contributed by atoms with Gasteiger partial charge in [-0.15, -0.1) is 0 Å². The summed E-state index contributed by atoms with van der Waals surface area (Å²) in [6.45, 7) is 3.78. The molecule has 0 spiro atoms. The van der Waals surface area contributed by atoms with Crippen LogP contribution < -0.4 is 11.1 Å². The minimum atomic E-state index is -0.201. The lowest BCUT2D eigenvalue weighted by Gasteiger charge is -2.09. The summed E-state index contributed by atoms with van der Waals surface area (Å²) in [7, 11) is 0. The summed E-state index contributed by atoms with van der Waals surface area (Å²) in [6, 6.07) is 8.48. The van der Waals surface area contributed by atoms with Gasteiger partial charge in [0.1, 0.15) is 5.82 Å². The zero-order chi connectivity index (χ0) is 15.6. The molecule has 3 nitrogen and oxygen atoms in total. The van der Waals surface area contributed by atoms with Crippen molar-refractivity contribution >= 4 is 27.5 Å². The molecule has 0 saturated heterocycles. The zero-order valence-corrected chi connectivity index (χ0v) is 13.4. The summed E-state index contributed by atoms with van der Waals surface area (Å²) < 4.78 is 14.2. The molecule has 0 aliphatic rings. The van der Waals surface area contributed by atoms with Crippen LogP contribution in [0.25, 0.3) is 0 Å². The van der Waals surface area contributed by atoms with Gasteiger partial charge in [-0.2, -0.15) is 0 Å². The SMILES string of the molecule is Cc1cc(CNC(=O)c2ccc(N)c(Br)c2)cc(C)c1F. The van der Waals surface area contributed by atoms with E-state index >= 15 is 0 Å². The summed E-state index contributed by atoms with van der Waals surface area (Å²) in [5.41, 5.74) is 8.81. The third kappa shape index (κ3) is 3.61. The van der Waals surface area contributed by atoms with Gasteiger partial charge in [-0.25, -0.2) is 4.39 Å². The average Bonchev–Trinajstić information content (AvgIpc) is 2.44. The van der Waals surface area contributed by atoms with Gasteiger partial charge < -0.3 is 11.1 Å². The van der Waals surface area contributed by atoms with Crippen LogP contribution in [0.1, 0.15) is 27.0 Å². The highest BCUT2D eigenvalue weighted by atomic mass is 79.9. The standard InChI is InChI=1S/C16H16BrFN2O/c1-9-5-11(6-10(2)15(9)18)8-20-16(21)12-3-4-14(19)13(17)7-12/h3-7H,8,19H2,1-2H3,(H,20,21). The second-order valence-corrected chi connectivity index (χ2v) is 5.82. The number of amides is 1. The molecule has 0 fully saturated rings. The van der Waals surface area contributed by atoms with Crippen molar-refractivity contribution in [3.63, 3.8) is 0 Å². The number of hydrogen-bond donors (Lipinski definition) is 2. The van der Waals surface area contributed by atoms with E-state index < -0.39 is 0 Å². The Hall–Kier alpha value is -1.88. The minimum absolute atomic E-state index is 0.199. The smallest absolute Gasteiger partial charge is 0.251 e. The molecule has 2 aromatic rings. The Balaban J connectivity index is 2.09. The van der Waals surface area contributed by atoms with Crippen molar-refractivity contribution in [3.8, 4) is 0 Å². The molecule has 0 heterocycles. The van der Waals surface area contributed by atoms with E-state index in [1.165, 1.54) is 0 Å². The van der Waals surface area contributed by atoms with Crippen LogP contribution in [-0.2, 0) is 6.54 Å². The molecule has 0 radical (unpaired) electrons. The summed E-state index contributed by atoms with van der Waals surface area (Å²) >= 11 is 3.29. The monoisotopic (exact) mass is 350 g/mol. The van der Waals surface area contributed by atoms with Crippen LogP contribution in [-0.4, -0.2) is 5.91 Å². The highest BCUT2D eigenvalue weighted by Crippen LogP contribution is 2.20. The number of carbonyl (C=O) groups is 1. The van der Waals surface area contributed by atoms with Gasteiger partial charge in [0.25, 0.3) is 5.91 Å². The molecule has 0 atom stereocenters. The molecule has 2 rings (SSSR count). The fourth-order valence-corrected chi connectivity index (χ4v) is 2.47. The van der Waals surface area contributed by atoms with E-state index in [9.17, 15) is 9.18 Å². The molecule has 3 N–H and O–H groups in total. The summed E-state index contributed by atoms with van der Waals surface area (Å²) in [4.78, 5) is 12.1. The quantitative estimate of drug-likeness (QED) is 0.829. The Morgan fingerprint density at radius 2 is 1.86 bits per heavy atom. The van der Waals surface area contributed by atoms with Gasteiger partial charge in [0.2, 0.25) is 0 Å². The maximum Gasteiger partial charge on any atom is 0.251 e. The summed E-state index contributed by atoms with van der Waals surface area (Å²) in [5.74, 6) is -0.400. The molecule has 2 aromatic carbocycles. The van der Waals surface area contributed by atoms with Crippen LogP contribution in [0.2, 0.25) is 0 Å². The topological polar surface area (TPSA) is 55.1 Å². The molecule has 0 saturated carbocycles. The number of benzene rings is 2. The predicted molar refractivity (Wildman–Crippen MR) is 85.6 cm³/mol. The lowest BCUT2D eigenvalue weighted by molar-refractivity contribution is 0.0951. The fraction of sp³-hybridized carbons (Fsp3) is 0.188. The number of carbonyl (C=O) groups excluding carboxylic acids is 1. The van der Waals surface area contributed by atoms with Crippen LogP contribution in [0.3, 0.4) is 0 Å². The maximum absolute atomic E-state index is 13.6. The zero-order valence-electron chi connectivity index (χ0n) is 11.8. The third-order valence-corrected chi connectivity index (χ3v) is 3.90. The second-order valence-electron chi connectivity index (χ2n) is 4.96. The van der Waals surface area contributed by atoms with E-state index in [1.54, 1.807) is 44.2 Å². The van der Waals surface area contributed by atoms with E-state index in [0.717, 1.165) is 5.56 Å². The van der Waals surface area contributed by atoms with E-state index in [1.807, 2.05) is 0 Å². The van der Waals surface area contributed by atoms with Crippen molar-refractivity contribution in [2.24, 2.45) is 0 Å². The third-order valence-electron chi connectivity index (χ3n) is 3.21. The molecule has 0 unspecified atom stereocenters. The number of nitrogen functional groups attached to an aromatic ring is 1. The predicted octanol–water partition coefficient (Wildman–Crippen LogP) is 3.72. The lowest BCUT2D eigenvalue weighted by Crippen LogP contribution is -2.23. The van der Waals surface area contributed by atoms with Crippen LogP contribution in [0, 0.1) is 19.7 Å². The molecule has 21 heavy (non-hydrogen) atoms. The van der Waals surface area contributed by atoms with Crippen molar-refractivity contribution < 1.29 is 9.18 Å². The van der Waals surface area contributed by atoms with Crippen molar-refractivity contribution in [1.29, 1.82) is 0 Å². The first-order valence-corrected chi connectivity index (χ1v) is 7.26. The van der Waals surface area contributed by atoms with Gasteiger partial charge in [0.15, 0.2) is 0 Å².